The molecule has 0 aliphatic carbocycles. The predicted molar refractivity (Wildman–Crippen MR) is 59.6 cm³/mol. The number of aryl methyl sites for hydroxylation is 1. The lowest BCUT2D eigenvalue weighted by Gasteiger charge is -2.21. The molecule has 1 aromatic rings. The maximum absolute atomic E-state index is 13.2. The quantitative estimate of drug-likeness (QED) is 0.850. The number of rotatable bonds is 3. The van der Waals surface area contributed by atoms with Crippen molar-refractivity contribution in [1.29, 1.82) is 0 Å². The highest BCUT2D eigenvalue weighted by molar-refractivity contribution is 7.09. The van der Waals surface area contributed by atoms with Crippen molar-refractivity contribution in [1.82, 2.24) is 9.88 Å². The van der Waals surface area contributed by atoms with Gasteiger partial charge < -0.3 is 5.73 Å². The fourth-order valence-corrected chi connectivity index (χ4v) is 2.65. The van der Waals surface area contributed by atoms with Gasteiger partial charge in [-0.2, -0.15) is 0 Å². The summed E-state index contributed by atoms with van der Waals surface area (Å²) in [6.07, 6.45) is -0.155. The normalized spacial score (nSPS) is 27.4. The SMILES string of the molecule is Cc1nc(CN2CC(F)CC2CN)cs1. The molecule has 1 saturated heterocycles. The number of thiazole rings is 1. The molecule has 1 aliphatic rings. The fraction of sp³-hybridized carbons (Fsp3) is 0.700. The number of halogens is 1. The second-order valence-corrected chi connectivity index (χ2v) is 5.07. The lowest BCUT2D eigenvalue weighted by Crippen LogP contribution is -2.35. The lowest BCUT2D eigenvalue weighted by atomic mass is 10.2. The van der Waals surface area contributed by atoms with Crippen molar-refractivity contribution < 1.29 is 4.39 Å². The molecule has 1 aliphatic heterocycles. The number of hydrogen-bond donors (Lipinski definition) is 1. The maximum atomic E-state index is 13.2. The van der Waals surface area contributed by atoms with Crippen LogP contribution in [0.3, 0.4) is 0 Å². The van der Waals surface area contributed by atoms with Crippen molar-refractivity contribution in [2.75, 3.05) is 13.1 Å². The van der Waals surface area contributed by atoms with Crippen molar-refractivity contribution in [3.8, 4) is 0 Å². The minimum absolute atomic E-state index is 0.182. The van der Waals surface area contributed by atoms with Crippen LogP contribution in [0, 0.1) is 6.92 Å². The largest absolute Gasteiger partial charge is 0.329 e. The summed E-state index contributed by atoms with van der Waals surface area (Å²) in [5.41, 5.74) is 6.65. The molecule has 5 heteroatoms. The first kappa shape index (κ1) is 11.0. The van der Waals surface area contributed by atoms with Crippen molar-refractivity contribution in [3.05, 3.63) is 16.1 Å². The van der Waals surface area contributed by atoms with Gasteiger partial charge in [0.05, 0.1) is 10.7 Å². The van der Waals surface area contributed by atoms with Crippen molar-refractivity contribution in [3.63, 3.8) is 0 Å². The van der Waals surface area contributed by atoms with Gasteiger partial charge in [-0.1, -0.05) is 0 Å². The summed E-state index contributed by atoms with van der Waals surface area (Å²) in [6, 6.07) is 0.182. The third-order valence-corrected chi connectivity index (χ3v) is 3.60. The number of aromatic nitrogens is 1. The number of nitrogens with zero attached hydrogens (tertiary/aromatic N) is 2. The van der Waals surface area contributed by atoms with Crippen LogP contribution in [0.5, 0.6) is 0 Å². The first-order valence-electron chi connectivity index (χ1n) is 5.18. The van der Waals surface area contributed by atoms with Gasteiger partial charge in [0.2, 0.25) is 0 Å². The third kappa shape index (κ3) is 2.53. The van der Waals surface area contributed by atoms with Gasteiger partial charge in [-0.05, 0) is 13.3 Å². The fourth-order valence-electron chi connectivity index (χ4n) is 2.05. The maximum Gasteiger partial charge on any atom is 0.114 e. The van der Waals surface area contributed by atoms with Gasteiger partial charge in [-0.25, -0.2) is 9.37 Å². The van der Waals surface area contributed by atoms with Crippen LogP contribution in [-0.4, -0.2) is 35.2 Å². The lowest BCUT2D eigenvalue weighted by molar-refractivity contribution is 0.236. The summed E-state index contributed by atoms with van der Waals surface area (Å²) in [5, 5.41) is 3.10. The zero-order valence-electron chi connectivity index (χ0n) is 8.82. The molecule has 0 aromatic carbocycles. The van der Waals surface area contributed by atoms with E-state index < -0.39 is 6.17 Å². The molecule has 2 unspecified atom stereocenters. The first-order valence-corrected chi connectivity index (χ1v) is 6.06. The van der Waals surface area contributed by atoms with Crippen LogP contribution in [0.15, 0.2) is 5.38 Å². The second kappa shape index (κ2) is 4.55. The standard InChI is InChI=1S/C10H16FN3S/c1-7-13-9(6-15-7)5-14-4-8(11)2-10(14)3-12/h6,8,10H,2-5,12H2,1H3. The van der Waals surface area contributed by atoms with E-state index in [-0.39, 0.29) is 6.04 Å². The highest BCUT2D eigenvalue weighted by Gasteiger charge is 2.31. The van der Waals surface area contributed by atoms with E-state index in [2.05, 4.69) is 9.88 Å². The summed E-state index contributed by atoms with van der Waals surface area (Å²) in [5.74, 6) is 0. The van der Waals surface area contributed by atoms with E-state index in [0.717, 1.165) is 17.2 Å². The number of nitrogens with two attached hydrogens (primary N) is 1. The van der Waals surface area contributed by atoms with Gasteiger partial charge in [0.1, 0.15) is 6.17 Å². The van der Waals surface area contributed by atoms with Gasteiger partial charge in [-0.15, -0.1) is 11.3 Å². The zero-order chi connectivity index (χ0) is 10.8. The van der Waals surface area contributed by atoms with Crippen molar-refractivity contribution in [2.24, 2.45) is 5.73 Å². The molecule has 1 fully saturated rings. The molecule has 84 valence electrons. The van der Waals surface area contributed by atoms with Crippen LogP contribution in [0.1, 0.15) is 17.1 Å². The van der Waals surface area contributed by atoms with E-state index in [1.807, 2.05) is 12.3 Å². The minimum atomic E-state index is -0.724. The number of alkyl halides is 1. The zero-order valence-corrected chi connectivity index (χ0v) is 9.63. The molecule has 0 bridgehead atoms. The van der Waals surface area contributed by atoms with Gasteiger partial charge in [0, 0.05) is 31.1 Å². The van der Waals surface area contributed by atoms with Gasteiger partial charge in [0.25, 0.3) is 0 Å². The van der Waals surface area contributed by atoms with E-state index in [0.29, 0.717) is 19.5 Å². The molecule has 2 N–H and O–H groups in total. The van der Waals surface area contributed by atoms with Gasteiger partial charge in [0.15, 0.2) is 0 Å². The average Bonchev–Trinajstić information content (AvgIpc) is 2.73. The minimum Gasteiger partial charge on any atom is -0.329 e. The Morgan fingerprint density at radius 2 is 2.53 bits per heavy atom. The van der Waals surface area contributed by atoms with Gasteiger partial charge in [-0.3, -0.25) is 4.90 Å². The first-order chi connectivity index (χ1) is 7.19. The van der Waals surface area contributed by atoms with Crippen LogP contribution < -0.4 is 5.73 Å². The average molecular weight is 229 g/mol. The van der Waals surface area contributed by atoms with E-state index in [9.17, 15) is 4.39 Å². The Kier molecular flexibility index (Phi) is 3.33. The molecule has 0 saturated carbocycles. The van der Waals surface area contributed by atoms with E-state index in [1.165, 1.54) is 0 Å². The van der Waals surface area contributed by atoms with E-state index in [1.54, 1.807) is 11.3 Å². The van der Waals surface area contributed by atoms with Crippen LogP contribution in [0.4, 0.5) is 4.39 Å². The Morgan fingerprint density at radius 1 is 1.73 bits per heavy atom. The summed E-state index contributed by atoms with van der Waals surface area (Å²) in [7, 11) is 0. The smallest absolute Gasteiger partial charge is 0.114 e. The molecule has 2 heterocycles. The van der Waals surface area contributed by atoms with Crippen LogP contribution in [0.2, 0.25) is 0 Å². The Labute approximate surface area is 93.1 Å². The van der Waals surface area contributed by atoms with Crippen LogP contribution in [0.25, 0.3) is 0 Å². The van der Waals surface area contributed by atoms with Crippen LogP contribution >= 0.6 is 11.3 Å². The van der Waals surface area contributed by atoms with Crippen molar-refractivity contribution in [2.45, 2.75) is 32.1 Å². The Balaban J connectivity index is 1.99. The summed E-state index contributed by atoms with van der Waals surface area (Å²) in [4.78, 5) is 6.48. The molecule has 3 nitrogen and oxygen atoms in total. The number of likely N-dealkylation sites (tertiary alicyclic amines) is 1. The molecular formula is C10H16FN3S. The van der Waals surface area contributed by atoms with Gasteiger partial charge >= 0.3 is 0 Å². The monoisotopic (exact) mass is 229 g/mol. The number of hydrogen-bond acceptors (Lipinski definition) is 4. The molecular weight excluding hydrogens is 213 g/mol. The third-order valence-electron chi connectivity index (χ3n) is 2.78. The topological polar surface area (TPSA) is 42.2 Å². The Morgan fingerprint density at radius 3 is 3.13 bits per heavy atom. The summed E-state index contributed by atoms with van der Waals surface area (Å²) < 4.78 is 13.2. The highest BCUT2D eigenvalue weighted by Crippen LogP contribution is 2.22. The van der Waals surface area contributed by atoms with Crippen LogP contribution in [-0.2, 0) is 6.54 Å². The highest BCUT2D eigenvalue weighted by atomic mass is 32.1. The molecule has 0 radical (unpaired) electrons. The molecule has 1 aromatic heterocycles. The Hall–Kier alpha value is -0.520. The molecule has 0 spiro atoms. The van der Waals surface area contributed by atoms with Crippen molar-refractivity contribution >= 4 is 11.3 Å². The summed E-state index contributed by atoms with van der Waals surface area (Å²) >= 11 is 1.63. The molecule has 0 amide bonds. The summed E-state index contributed by atoms with van der Waals surface area (Å²) in [6.45, 7) is 3.74. The second-order valence-electron chi connectivity index (χ2n) is 4.01. The molecule has 15 heavy (non-hydrogen) atoms. The van der Waals surface area contributed by atoms with E-state index in [4.69, 9.17) is 5.73 Å². The molecule has 2 rings (SSSR count). The predicted octanol–water partition coefficient (Wildman–Crippen LogP) is 1.32. The van der Waals surface area contributed by atoms with E-state index >= 15 is 0 Å². The Bertz CT molecular complexity index is 328. The molecule has 2 atom stereocenters.